The van der Waals surface area contributed by atoms with Gasteiger partial charge in [0.25, 0.3) is 47.3 Å². The van der Waals surface area contributed by atoms with Crippen LogP contribution in [0.5, 0.6) is 0 Å². The number of halogens is 7. The predicted molar refractivity (Wildman–Crippen MR) is 500 cm³/mol. The second kappa shape index (κ2) is 45.1. The number of nitrogens with zero attached hydrogens (tertiary/aromatic N) is 8. The molecule has 8 aromatic carbocycles. The fourth-order valence-corrected chi connectivity index (χ4v) is 12.1. The van der Waals surface area contributed by atoms with Crippen molar-refractivity contribution in [2.75, 3.05) is 98.9 Å². The average molecular weight is 1820 g/mol. The first-order valence-corrected chi connectivity index (χ1v) is 39.6. The molecule has 12 rings (SSSR count). The summed E-state index contributed by atoms with van der Waals surface area (Å²) in [5, 5.41) is 55.2. The van der Waals surface area contributed by atoms with Gasteiger partial charge in [-0.1, -0.05) is 137 Å². The van der Waals surface area contributed by atoms with Crippen LogP contribution >= 0.6 is 58.0 Å². The van der Waals surface area contributed by atoms with Gasteiger partial charge in [0, 0.05) is 115 Å². The number of amidine groups is 4. The molecule has 0 aliphatic rings. The van der Waals surface area contributed by atoms with Crippen molar-refractivity contribution in [1.82, 2.24) is 39.5 Å². The topological polar surface area (TPSA) is 393 Å². The van der Waals surface area contributed by atoms with Gasteiger partial charge in [-0.2, -0.15) is 0 Å². The maximum atomic E-state index is 14.6. The number of aryl methyl sites for hydroxylation is 3. The van der Waals surface area contributed by atoms with E-state index < -0.39 is 53.0 Å². The smallest absolute Gasteiger partial charge is 0.258 e. The monoisotopic (exact) mass is 1810 g/mol. The van der Waals surface area contributed by atoms with Crippen LogP contribution in [0.25, 0.3) is 0 Å². The molecule has 4 aromatic heterocycles. The van der Waals surface area contributed by atoms with Crippen LogP contribution in [0.2, 0.25) is 25.1 Å². The number of anilines is 8. The summed E-state index contributed by atoms with van der Waals surface area (Å²) in [6.07, 6.45) is 5.66. The Kier molecular flexibility index (Phi) is 34.7. The lowest BCUT2D eigenvalue weighted by Crippen LogP contribution is -2.23. The van der Waals surface area contributed by atoms with Gasteiger partial charge in [-0.05, 0) is 172 Å². The van der Waals surface area contributed by atoms with Crippen LogP contribution in [-0.4, -0.2) is 167 Å². The Labute approximate surface area is 756 Å². The zero-order chi connectivity index (χ0) is 91.9. The maximum absolute atomic E-state index is 14.6. The summed E-state index contributed by atoms with van der Waals surface area (Å²) in [7, 11) is 13.8. The van der Waals surface area contributed by atoms with Gasteiger partial charge >= 0.3 is 0 Å². The van der Waals surface area contributed by atoms with Gasteiger partial charge in [-0.25, -0.2) is 28.7 Å². The third-order valence-corrected chi connectivity index (χ3v) is 19.1. The van der Waals surface area contributed by atoms with Gasteiger partial charge < -0.3 is 62.1 Å². The number of carbonyl (C=O) groups is 8. The van der Waals surface area contributed by atoms with Crippen molar-refractivity contribution in [2.24, 2.45) is 0 Å². The fraction of sp³-hybridized carbons (Fsp3) is 0.130. The molecule has 0 bridgehead atoms. The van der Waals surface area contributed by atoms with Crippen LogP contribution in [0.15, 0.2) is 231 Å². The molecule has 8 amide bonds. The lowest BCUT2D eigenvalue weighted by atomic mass is 10.1. The van der Waals surface area contributed by atoms with Crippen LogP contribution < -0.4 is 42.5 Å². The van der Waals surface area contributed by atoms with Gasteiger partial charge in [0.15, 0.2) is 0 Å². The first kappa shape index (κ1) is 97.8. The number of rotatable bonds is 20. The summed E-state index contributed by atoms with van der Waals surface area (Å²) >= 11 is 29.7. The fourth-order valence-electron chi connectivity index (χ4n) is 11.3. The van der Waals surface area contributed by atoms with Crippen LogP contribution in [0, 0.1) is 54.0 Å². The standard InChI is InChI=1S/C23H21Cl2N5O2.C23H21ClFN5O2.C23H22ClN5O2.C22H19ClFN5O2.CH4/c1-13-10-17(23(32)28-19-9-8-16(24)12-27-19)20(18(25)11-13)29-22(31)15-6-4-14(5-7-15)21(26)30(2)3;1-13-4-8-19(17(10-13)23(32)29-20-9-6-15(24)12-27-20)28-22(31)16-7-5-14(11-18(16)25)21(26)30(2)3;1-14-4-10-19(18(12-14)23(31)28-20-11-9-17(24)13-26-20)27-22(30)16-7-5-15(6-8-16)21(25)29(2)3;1-29(2)20(25)13-7-9-15(17(24)11-13)21(30)27-18-6-4-3-5-16(18)22(31)28-19-10-8-14(23)12-26-19;/h4-12,26H,1-3H3,(H,29,31)(H,27,28,32);4-12,26H,1-3H3,(H,28,31)(H,27,29,32);4-13,25H,1-3H3,(H,27,30)(H,26,28,31);3-12,25H,1-2H3,(H,27,30)(H,26,28,31);1H4. The minimum atomic E-state index is -0.770. The molecule has 0 aliphatic carbocycles. The molecule has 0 spiro atoms. The number of hydrogen-bond acceptors (Lipinski definition) is 16. The molecular formula is C92H87Cl5F2N20O8. The number of benzene rings is 8. The van der Waals surface area contributed by atoms with E-state index in [0.29, 0.717) is 99.7 Å². The maximum Gasteiger partial charge on any atom is 0.258 e. The van der Waals surface area contributed by atoms with E-state index in [0.717, 1.165) is 28.8 Å². The SMILES string of the molecule is C.CN(C)C(=N)c1ccc(C(=O)Nc2ccccc2C(=O)Nc2ccc(Cl)cn2)c(F)c1.Cc1cc(Cl)c(NC(=O)c2ccc(C(=N)N(C)C)cc2)c(C(=O)Nc2ccc(Cl)cn2)c1.Cc1ccc(NC(=O)c2ccc(C(=N)N(C)C)cc2)c(C(=O)Nc2ccc(Cl)cn2)c1.Cc1ccc(NC(=O)c2ccc(C(=N)N(C)C)cc2F)c(C(=O)Nc2ccc(Cl)cn2)c1. The molecule has 0 radical (unpaired) electrons. The Morgan fingerprint density at radius 1 is 0.283 bits per heavy atom. The van der Waals surface area contributed by atoms with Gasteiger partial charge in [0.2, 0.25) is 0 Å². The normalized spacial score (nSPS) is 10.3. The van der Waals surface area contributed by atoms with E-state index in [4.69, 9.17) is 79.6 Å². The predicted octanol–water partition coefficient (Wildman–Crippen LogP) is 19.0. The van der Waals surface area contributed by atoms with E-state index in [1.54, 1.807) is 232 Å². The molecule has 0 saturated heterocycles. The van der Waals surface area contributed by atoms with E-state index in [9.17, 15) is 47.1 Å². The summed E-state index contributed by atoms with van der Waals surface area (Å²) < 4.78 is 29.1. The number of pyridine rings is 4. The number of hydrogen-bond donors (Lipinski definition) is 12. The second-order valence-corrected chi connectivity index (χ2v) is 30.6. The van der Waals surface area contributed by atoms with Gasteiger partial charge in [0.1, 0.15) is 58.2 Å². The van der Waals surface area contributed by atoms with Crippen LogP contribution in [0.4, 0.5) is 54.8 Å². The highest BCUT2D eigenvalue weighted by Gasteiger charge is 2.25. The zero-order valence-electron chi connectivity index (χ0n) is 69.4. The summed E-state index contributed by atoms with van der Waals surface area (Å²) in [5.74, 6) is -3.47. The number of amides is 8. The molecule has 0 fully saturated rings. The summed E-state index contributed by atoms with van der Waals surface area (Å²) in [6.45, 7) is 5.47. The minimum absolute atomic E-state index is 0. The summed E-state index contributed by atoms with van der Waals surface area (Å²) in [4.78, 5) is 125. The second-order valence-electron chi connectivity index (χ2n) is 28.4. The van der Waals surface area contributed by atoms with Crippen molar-refractivity contribution >= 4 is 175 Å². The molecule has 35 heteroatoms. The molecule has 0 aliphatic heterocycles. The highest BCUT2D eigenvalue weighted by Crippen LogP contribution is 2.31. The lowest BCUT2D eigenvalue weighted by Gasteiger charge is -2.15. The van der Waals surface area contributed by atoms with Crippen molar-refractivity contribution in [3.8, 4) is 0 Å². The minimum Gasteiger partial charge on any atom is -0.363 e. The van der Waals surface area contributed by atoms with Crippen molar-refractivity contribution in [1.29, 1.82) is 21.6 Å². The Hall–Kier alpha value is -14.7. The van der Waals surface area contributed by atoms with E-state index in [1.807, 2.05) is 13.0 Å². The molecule has 0 atom stereocenters. The quantitative estimate of drug-likeness (QED) is 0.0249. The molecule has 0 saturated carbocycles. The Morgan fingerprint density at radius 3 is 0.906 bits per heavy atom. The summed E-state index contributed by atoms with van der Waals surface area (Å²) in [5.41, 5.74) is 6.77. The largest absolute Gasteiger partial charge is 0.363 e. The first-order chi connectivity index (χ1) is 59.8. The number of para-hydroxylation sites is 1. The molecule has 652 valence electrons. The highest BCUT2D eigenvalue weighted by atomic mass is 35.5. The lowest BCUT2D eigenvalue weighted by molar-refractivity contribution is 0.100. The van der Waals surface area contributed by atoms with E-state index >= 15 is 0 Å². The Morgan fingerprint density at radius 2 is 0.567 bits per heavy atom. The van der Waals surface area contributed by atoms with E-state index in [-0.39, 0.29) is 74.9 Å². The number of carbonyl (C=O) groups excluding carboxylic acids is 8. The van der Waals surface area contributed by atoms with Crippen LogP contribution in [-0.2, 0) is 0 Å². The van der Waals surface area contributed by atoms with Crippen molar-refractivity contribution in [3.05, 3.63) is 351 Å². The summed E-state index contributed by atoms with van der Waals surface area (Å²) in [6, 6.07) is 53.6. The Bertz CT molecular complexity index is 6130. The first-order valence-electron chi connectivity index (χ1n) is 37.7. The third-order valence-electron chi connectivity index (χ3n) is 18.0. The molecular weight excluding hydrogens is 1730 g/mol. The molecule has 28 nitrogen and oxygen atoms in total. The van der Waals surface area contributed by atoms with Crippen molar-refractivity contribution in [3.63, 3.8) is 0 Å². The van der Waals surface area contributed by atoms with Gasteiger partial charge in [-0.3, -0.25) is 60.0 Å². The van der Waals surface area contributed by atoms with E-state index in [2.05, 4.69) is 62.5 Å². The molecule has 127 heavy (non-hydrogen) atoms. The average Bonchev–Trinajstić information content (AvgIpc) is 0.815. The van der Waals surface area contributed by atoms with Crippen molar-refractivity contribution in [2.45, 2.75) is 28.2 Å². The van der Waals surface area contributed by atoms with Crippen LogP contribution in [0.3, 0.4) is 0 Å². The number of aromatic nitrogens is 4. The van der Waals surface area contributed by atoms with Gasteiger partial charge in [-0.15, -0.1) is 0 Å². The molecule has 12 N–H and O–H groups in total. The van der Waals surface area contributed by atoms with Crippen molar-refractivity contribution < 1.29 is 47.1 Å². The molecule has 4 heterocycles. The highest BCUT2D eigenvalue weighted by molar-refractivity contribution is 6.36. The Balaban J connectivity index is 0.000000209. The van der Waals surface area contributed by atoms with Gasteiger partial charge in [0.05, 0.1) is 81.2 Å². The third kappa shape index (κ3) is 27.4. The van der Waals surface area contributed by atoms with E-state index in [1.165, 1.54) is 71.0 Å². The van der Waals surface area contributed by atoms with Crippen LogP contribution in [0.1, 0.15) is 129 Å². The molecule has 0 unspecified atom stereocenters. The number of nitrogens with one attached hydrogen (secondary N) is 12. The zero-order valence-corrected chi connectivity index (χ0v) is 73.2. The molecule has 12 aromatic rings.